The van der Waals surface area contributed by atoms with Crippen LogP contribution in [0, 0.1) is 0 Å². The monoisotopic (exact) mass is 481 g/mol. The number of carbonyl (C=O) groups is 1. The van der Waals surface area contributed by atoms with Crippen molar-refractivity contribution in [2.45, 2.75) is 38.3 Å². The molecule has 1 atom stereocenters. The van der Waals surface area contributed by atoms with Gasteiger partial charge in [0.25, 0.3) is 5.95 Å². The number of anilines is 2. The molecule has 34 heavy (non-hydrogen) atoms. The minimum atomic E-state index is -0.157. The third-order valence-electron chi connectivity index (χ3n) is 5.49. The number of nitrogens with two attached hydrogens (primary N) is 1. The van der Waals surface area contributed by atoms with E-state index in [9.17, 15) is 4.79 Å². The first-order chi connectivity index (χ1) is 16.4. The summed E-state index contributed by atoms with van der Waals surface area (Å²) in [5.74, 6) is 8.18. The number of hydrazone groups is 1. The average molecular weight is 482 g/mol. The molecule has 0 aliphatic carbocycles. The Bertz CT molecular complexity index is 1190. The first-order valence-electron chi connectivity index (χ1n) is 10.9. The van der Waals surface area contributed by atoms with Crippen LogP contribution >= 0.6 is 11.8 Å². The summed E-state index contributed by atoms with van der Waals surface area (Å²) in [7, 11) is 0. The van der Waals surface area contributed by atoms with Crippen LogP contribution in [0.4, 0.5) is 11.6 Å². The van der Waals surface area contributed by atoms with Crippen molar-refractivity contribution in [3.63, 3.8) is 0 Å². The number of rotatable bonds is 9. The predicted molar refractivity (Wildman–Crippen MR) is 133 cm³/mol. The number of nitrogens with zero attached hydrogens (tertiary/aromatic N) is 4. The van der Waals surface area contributed by atoms with Gasteiger partial charge in [-0.1, -0.05) is 37.7 Å². The van der Waals surface area contributed by atoms with Crippen molar-refractivity contribution >= 4 is 35.0 Å². The summed E-state index contributed by atoms with van der Waals surface area (Å²) in [6.07, 6.45) is 1.07. The Kier molecular flexibility index (Phi) is 7.21. The fourth-order valence-electron chi connectivity index (χ4n) is 3.23. The van der Waals surface area contributed by atoms with Gasteiger partial charge in [0.1, 0.15) is 0 Å². The molecule has 1 aliphatic heterocycles. The third kappa shape index (κ3) is 5.42. The van der Waals surface area contributed by atoms with Gasteiger partial charge < -0.3 is 20.6 Å². The third-order valence-corrected chi connectivity index (χ3v) is 6.43. The van der Waals surface area contributed by atoms with E-state index < -0.39 is 0 Å². The van der Waals surface area contributed by atoms with E-state index in [4.69, 9.17) is 15.3 Å². The van der Waals surface area contributed by atoms with Crippen LogP contribution in [-0.2, 0) is 4.79 Å². The molecule has 1 unspecified atom stereocenters. The second-order valence-corrected chi connectivity index (χ2v) is 8.76. The number of carbonyl (C=O) groups excluding carboxylic acids is 1. The molecular formula is C23H27N7O3S. The molecule has 1 aliphatic rings. The van der Waals surface area contributed by atoms with Gasteiger partial charge in [-0.05, 0) is 55.2 Å². The van der Waals surface area contributed by atoms with Gasteiger partial charge in [-0.3, -0.25) is 4.79 Å². The number of nitrogens with one attached hydrogen (secondary N) is 2. The molecule has 11 heteroatoms. The fourth-order valence-corrected chi connectivity index (χ4v) is 3.89. The first kappa shape index (κ1) is 23.4. The van der Waals surface area contributed by atoms with Gasteiger partial charge in [0.05, 0.1) is 11.5 Å². The molecule has 4 N–H and O–H groups in total. The number of hydrogen-bond donors (Lipinski definition) is 3. The summed E-state index contributed by atoms with van der Waals surface area (Å²) in [6.45, 7) is 6.39. The number of ether oxygens (including phenoxy) is 2. The number of fused-ring (bicyclic) bond motifs is 1. The van der Waals surface area contributed by atoms with Gasteiger partial charge in [-0.15, -0.1) is 10.2 Å². The molecule has 4 rings (SSSR count). The maximum absolute atomic E-state index is 12.3. The molecular weight excluding hydrogens is 454 g/mol. The largest absolute Gasteiger partial charge is 0.454 e. The van der Waals surface area contributed by atoms with Crippen LogP contribution in [0.25, 0.3) is 0 Å². The lowest BCUT2D eigenvalue weighted by Gasteiger charge is -2.10. The average Bonchev–Trinajstić information content (AvgIpc) is 3.47. The number of amides is 1. The number of aromatic nitrogens is 3. The van der Waals surface area contributed by atoms with E-state index in [2.05, 4.69) is 39.9 Å². The number of benzene rings is 2. The lowest BCUT2D eigenvalue weighted by Crippen LogP contribution is -2.17. The zero-order chi connectivity index (χ0) is 24.1. The standard InChI is InChI=1S/C23H27N7O3S/c1-4-14(2)16-5-8-18(9-6-16)25-21(31)12-34-23-29-28-22(30(23)24)27-26-15(3)17-7-10-19-20(11-17)33-13-32-19/h5-11,14H,4,12-13,24H2,1-3H3,(H,25,31)(H,27,28)/b26-15+. The van der Waals surface area contributed by atoms with Crippen LogP contribution < -0.4 is 26.1 Å². The van der Waals surface area contributed by atoms with E-state index >= 15 is 0 Å². The van der Waals surface area contributed by atoms with Crippen molar-refractivity contribution in [1.29, 1.82) is 0 Å². The summed E-state index contributed by atoms with van der Waals surface area (Å²) in [4.78, 5) is 12.3. The predicted octanol–water partition coefficient (Wildman–Crippen LogP) is 3.80. The van der Waals surface area contributed by atoms with Gasteiger partial charge in [-0.2, -0.15) is 5.10 Å². The van der Waals surface area contributed by atoms with Crippen molar-refractivity contribution in [3.05, 3.63) is 53.6 Å². The molecule has 0 bridgehead atoms. The minimum absolute atomic E-state index is 0.141. The summed E-state index contributed by atoms with van der Waals surface area (Å²) < 4.78 is 12.0. The highest BCUT2D eigenvalue weighted by atomic mass is 32.2. The van der Waals surface area contributed by atoms with Gasteiger partial charge >= 0.3 is 0 Å². The maximum Gasteiger partial charge on any atom is 0.264 e. The van der Waals surface area contributed by atoms with Crippen LogP contribution in [0.5, 0.6) is 11.5 Å². The number of hydrogen-bond acceptors (Lipinski definition) is 9. The van der Waals surface area contributed by atoms with E-state index in [1.54, 1.807) is 0 Å². The summed E-state index contributed by atoms with van der Waals surface area (Å²) in [5.41, 5.74) is 6.38. The second-order valence-electron chi connectivity index (χ2n) is 7.82. The summed E-state index contributed by atoms with van der Waals surface area (Å²) in [5, 5.41) is 15.6. The second kappa shape index (κ2) is 10.5. The van der Waals surface area contributed by atoms with E-state index in [0.29, 0.717) is 28.3 Å². The van der Waals surface area contributed by atoms with Crippen LogP contribution in [0.1, 0.15) is 44.2 Å². The van der Waals surface area contributed by atoms with Gasteiger partial charge in [0.15, 0.2) is 11.5 Å². The highest BCUT2D eigenvalue weighted by Gasteiger charge is 2.15. The highest BCUT2D eigenvalue weighted by Crippen LogP contribution is 2.32. The Hall–Kier alpha value is -3.73. The topological polar surface area (TPSA) is 129 Å². The molecule has 0 saturated carbocycles. The molecule has 10 nitrogen and oxygen atoms in total. The lowest BCUT2D eigenvalue weighted by molar-refractivity contribution is -0.113. The zero-order valence-corrected chi connectivity index (χ0v) is 20.1. The molecule has 2 aromatic carbocycles. The van der Waals surface area contributed by atoms with Crippen LogP contribution in [0.3, 0.4) is 0 Å². The SMILES string of the molecule is CCC(C)c1ccc(NC(=O)CSc2nnc(N/N=C(\C)c3ccc4c(c3)OCO4)n2N)cc1. The normalized spacial score (nSPS) is 13.6. The van der Waals surface area contributed by atoms with E-state index in [1.807, 2.05) is 49.4 Å². The lowest BCUT2D eigenvalue weighted by atomic mass is 9.99. The van der Waals surface area contributed by atoms with Crippen molar-refractivity contribution in [2.24, 2.45) is 5.10 Å². The fraction of sp³-hybridized carbons (Fsp3) is 0.304. The Balaban J connectivity index is 1.31. The van der Waals surface area contributed by atoms with Gasteiger partial charge in [0.2, 0.25) is 17.9 Å². The highest BCUT2D eigenvalue weighted by molar-refractivity contribution is 7.99. The van der Waals surface area contributed by atoms with Crippen LogP contribution in [0.2, 0.25) is 0 Å². The zero-order valence-electron chi connectivity index (χ0n) is 19.2. The van der Waals surface area contributed by atoms with Gasteiger partial charge in [-0.25, -0.2) is 10.1 Å². The molecule has 2 heterocycles. The quantitative estimate of drug-likeness (QED) is 0.182. The summed E-state index contributed by atoms with van der Waals surface area (Å²) in [6, 6.07) is 13.5. The maximum atomic E-state index is 12.3. The van der Waals surface area contributed by atoms with Crippen molar-refractivity contribution in [1.82, 2.24) is 14.9 Å². The van der Waals surface area contributed by atoms with E-state index in [0.717, 1.165) is 17.7 Å². The Morgan fingerprint density at radius 3 is 2.74 bits per heavy atom. The Morgan fingerprint density at radius 1 is 1.21 bits per heavy atom. The Morgan fingerprint density at radius 2 is 1.97 bits per heavy atom. The molecule has 3 aromatic rings. The molecule has 1 amide bonds. The molecule has 0 fully saturated rings. The van der Waals surface area contributed by atoms with Crippen molar-refractivity contribution in [2.75, 3.05) is 29.1 Å². The van der Waals surface area contributed by atoms with Crippen molar-refractivity contribution in [3.8, 4) is 11.5 Å². The summed E-state index contributed by atoms with van der Waals surface area (Å²) >= 11 is 1.18. The molecule has 0 saturated heterocycles. The number of nitrogen functional groups attached to an aromatic ring is 1. The molecule has 0 spiro atoms. The first-order valence-corrected chi connectivity index (χ1v) is 11.9. The minimum Gasteiger partial charge on any atom is -0.454 e. The van der Waals surface area contributed by atoms with E-state index in [-0.39, 0.29) is 24.4 Å². The van der Waals surface area contributed by atoms with Crippen molar-refractivity contribution < 1.29 is 14.3 Å². The number of thioether (sulfide) groups is 1. The smallest absolute Gasteiger partial charge is 0.264 e. The molecule has 0 radical (unpaired) electrons. The van der Waals surface area contributed by atoms with Gasteiger partial charge in [0, 0.05) is 11.3 Å². The molecule has 178 valence electrons. The van der Waals surface area contributed by atoms with Crippen LogP contribution in [-0.4, -0.2) is 39.0 Å². The van der Waals surface area contributed by atoms with E-state index in [1.165, 1.54) is 22.0 Å². The molecule has 1 aromatic heterocycles. The van der Waals surface area contributed by atoms with Crippen LogP contribution in [0.15, 0.2) is 52.7 Å². The Labute approximate surface area is 201 Å².